The molecule has 0 fully saturated rings. The number of thioether (sulfide) groups is 1. The van der Waals surface area contributed by atoms with Crippen molar-refractivity contribution in [1.29, 1.82) is 0 Å². The van der Waals surface area contributed by atoms with Crippen LogP contribution < -0.4 is 10.9 Å². The van der Waals surface area contributed by atoms with E-state index in [1.54, 1.807) is 36.5 Å². The largest absolute Gasteiger partial charge is 0.353 e. The highest BCUT2D eigenvalue weighted by atomic mass is 32.2. The van der Waals surface area contributed by atoms with Crippen LogP contribution in [0.2, 0.25) is 0 Å². The van der Waals surface area contributed by atoms with Gasteiger partial charge in [-0.05, 0) is 63.6 Å². The molecule has 2 heterocycles. The molecule has 1 aliphatic carbocycles. The summed E-state index contributed by atoms with van der Waals surface area (Å²) in [5, 5.41) is 3.33. The van der Waals surface area contributed by atoms with Crippen LogP contribution in [-0.4, -0.2) is 26.8 Å². The van der Waals surface area contributed by atoms with E-state index in [4.69, 9.17) is 4.98 Å². The first kappa shape index (κ1) is 22.0. The first-order chi connectivity index (χ1) is 14.8. The minimum Gasteiger partial charge on any atom is -0.353 e. The van der Waals surface area contributed by atoms with Crippen LogP contribution in [-0.2, 0) is 17.6 Å². The van der Waals surface area contributed by atoms with Crippen LogP contribution in [0.1, 0.15) is 44.6 Å². The van der Waals surface area contributed by atoms with Crippen molar-refractivity contribution in [3.05, 3.63) is 50.9 Å². The number of aromatic nitrogens is 2. The summed E-state index contributed by atoms with van der Waals surface area (Å²) >= 11 is 2.73. The lowest BCUT2D eigenvalue weighted by Gasteiger charge is -2.18. The summed E-state index contributed by atoms with van der Waals surface area (Å²) < 4.78 is 16.1. The monoisotopic (exact) mass is 459 g/mol. The fourth-order valence-corrected chi connectivity index (χ4v) is 6.26. The highest BCUT2D eigenvalue weighted by Gasteiger charge is 2.27. The molecule has 0 bridgehead atoms. The van der Waals surface area contributed by atoms with E-state index < -0.39 is 11.1 Å². The SMILES string of the molecule is CC1CCc2c(sc3nc(SC(C)C(=O)NC(C)C)n(-c4ccccc4F)c(=O)c23)C1. The molecular formula is C23H26FN3O2S2. The molecule has 1 N–H and O–H groups in total. The van der Waals surface area contributed by atoms with E-state index in [0.29, 0.717) is 21.3 Å². The van der Waals surface area contributed by atoms with Crippen LogP contribution >= 0.6 is 23.1 Å². The van der Waals surface area contributed by atoms with E-state index >= 15 is 0 Å². The summed E-state index contributed by atoms with van der Waals surface area (Å²) in [6, 6.07) is 6.21. The summed E-state index contributed by atoms with van der Waals surface area (Å²) in [5.74, 6) is -0.0683. The molecule has 1 aromatic carbocycles. The number of para-hydroxylation sites is 1. The summed E-state index contributed by atoms with van der Waals surface area (Å²) in [4.78, 5) is 32.9. The molecule has 0 saturated carbocycles. The van der Waals surface area contributed by atoms with Gasteiger partial charge in [-0.2, -0.15) is 0 Å². The van der Waals surface area contributed by atoms with Gasteiger partial charge in [0.2, 0.25) is 5.91 Å². The maximum atomic E-state index is 14.7. The molecule has 31 heavy (non-hydrogen) atoms. The Kier molecular flexibility index (Phi) is 6.21. The highest BCUT2D eigenvalue weighted by Crippen LogP contribution is 2.37. The summed E-state index contributed by atoms with van der Waals surface area (Å²) in [6.07, 6.45) is 2.80. The van der Waals surface area contributed by atoms with Crippen molar-refractivity contribution < 1.29 is 9.18 Å². The minimum atomic E-state index is -0.496. The number of nitrogens with one attached hydrogen (secondary N) is 1. The Bertz CT molecular complexity index is 1200. The zero-order valence-corrected chi connectivity index (χ0v) is 19.7. The van der Waals surface area contributed by atoms with Crippen LogP contribution in [0.15, 0.2) is 34.2 Å². The lowest BCUT2D eigenvalue weighted by molar-refractivity contribution is -0.120. The van der Waals surface area contributed by atoms with E-state index in [1.165, 1.54) is 27.3 Å². The van der Waals surface area contributed by atoms with Gasteiger partial charge in [0.25, 0.3) is 5.56 Å². The number of hydrogen-bond donors (Lipinski definition) is 1. The minimum absolute atomic E-state index is 0.00533. The van der Waals surface area contributed by atoms with Gasteiger partial charge in [0.05, 0.1) is 16.3 Å². The quantitative estimate of drug-likeness (QED) is 0.443. The Hall–Kier alpha value is -2.19. The number of thiophene rings is 1. The molecule has 1 aliphatic rings. The summed E-state index contributed by atoms with van der Waals surface area (Å²) in [7, 11) is 0. The second-order valence-corrected chi connectivity index (χ2v) is 10.8. The van der Waals surface area contributed by atoms with Gasteiger partial charge < -0.3 is 5.32 Å². The second kappa shape index (κ2) is 8.74. The number of carbonyl (C=O) groups is 1. The van der Waals surface area contributed by atoms with E-state index in [1.807, 2.05) is 13.8 Å². The van der Waals surface area contributed by atoms with Gasteiger partial charge in [-0.3, -0.25) is 14.2 Å². The predicted octanol–water partition coefficient (Wildman–Crippen LogP) is 4.72. The molecular weight excluding hydrogens is 433 g/mol. The van der Waals surface area contributed by atoms with Crippen molar-refractivity contribution in [2.75, 3.05) is 0 Å². The number of aryl methyl sites for hydroxylation is 1. The fourth-order valence-electron chi connectivity index (χ4n) is 3.91. The smallest absolute Gasteiger partial charge is 0.267 e. The molecule has 0 saturated heterocycles. The lowest BCUT2D eigenvalue weighted by Crippen LogP contribution is -2.36. The van der Waals surface area contributed by atoms with Gasteiger partial charge in [0.15, 0.2) is 5.16 Å². The van der Waals surface area contributed by atoms with Crippen molar-refractivity contribution in [3.63, 3.8) is 0 Å². The number of carbonyl (C=O) groups excluding carboxylic acids is 1. The van der Waals surface area contributed by atoms with Gasteiger partial charge in [0.1, 0.15) is 10.6 Å². The molecule has 2 aromatic heterocycles. The van der Waals surface area contributed by atoms with Crippen LogP contribution in [0.5, 0.6) is 0 Å². The maximum Gasteiger partial charge on any atom is 0.267 e. The number of halogens is 1. The molecule has 164 valence electrons. The van der Waals surface area contributed by atoms with Gasteiger partial charge in [-0.15, -0.1) is 11.3 Å². The van der Waals surface area contributed by atoms with E-state index in [0.717, 1.165) is 24.8 Å². The first-order valence-electron chi connectivity index (χ1n) is 10.6. The molecule has 2 unspecified atom stereocenters. The summed E-state index contributed by atoms with van der Waals surface area (Å²) in [5.41, 5.74) is 0.953. The topological polar surface area (TPSA) is 64.0 Å². The van der Waals surface area contributed by atoms with Gasteiger partial charge in [-0.1, -0.05) is 30.8 Å². The zero-order valence-electron chi connectivity index (χ0n) is 18.1. The molecule has 4 rings (SSSR count). The molecule has 0 spiro atoms. The Morgan fingerprint density at radius 1 is 1.32 bits per heavy atom. The second-order valence-electron chi connectivity index (χ2n) is 8.44. The fraction of sp³-hybridized carbons (Fsp3) is 0.435. The number of hydrogen-bond acceptors (Lipinski definition) is 5. The molecule has 5 nitrogen and oxygen atoms in total. The highest BCUT2D eigenvalue weighted by molar-refractivity contribution is 8.00. The molecule has 2 atom stereocenters. The lowest BCUT2D eigenvalue weighted by atomic mass is 9.89. The van der Waals surface area contributed by atoms with Crippen LogP contribution in [0.25, 0.3) is 15.9 Å². The number of amides is 1. The Labute approximate surface area is 189 Å². The van der Waals surface area contributed by atoms with Gasteiger partial charge in [-0.25, -0.2) is 9.37 Å². The van der Waals surface area contributed by atoms with Crippen LogP contribution in [0.4, 0.5) is 4.39 Å². The number of rotatable bonds is 5. The number of benzene rings is 1. The molecule has 0 aliphatic heterocycles. The van der Waals surface area contributed by atoms with Crippen molar-refractivity contribution >= 4 is 39.2 Å². The third-order valence-electron chi connectivity index (χ3n) is 5.47. The molecule has 0 radical (unpaired) electrons. The van der Waals surface area contributed by atoms with Crippen LogP contribution in [0, 0.1) is 11.7 Å². The standard InChI is InChI=1S/C23H26FN3O2S2/c1-12(2)25-20(28)14(4)30-23-26-21-19(15-10-9-13(3)11-18(15)31-21)22(29)27(23)17-8-6-5-7-16(17)24/h5-8,12-14H,9-11H2,1-4H3,(H,25,28). The third kappa shape index (κ3) is 4.28. The molecule has 8 heteroatoms. The van der Waals surface area contributed by atoms with Crippen molar-refractivity contribution in [2.24, 2.45) is 5.92 Å². The molecule has 3 aromatic rings. The Morgan fingerprint density at radius 2 is 2.06 bits per heavy atom. The normalized spacial score (nSPS) is 17.0. The van der Waals surface area contributed by atoms with Gasteiger partial charge in [0, 0.05) is 10.9 Å². The Morgan fingerprint density at radius 3 is 2.77 bits per heavy atom. The molecule has 1 amide bonds. The van der Waals surface area contributed by atoms with E-state index in [9.17, 15) is 14.0 Å². The number of nitrogens with zero attached hydrogens (tertiary/aromatic N) is 2. The van der Waals surface area contributed by atoms with E-state index in [2.05, 4.69) is 12.2 Å². The van der Waals surface area contributed by atoms with Gasteiger partial charge >= 0.3 is 0 Å². The third-order valence-corrected chi connectivity index (χ3v) is 7.67. The van der Waals surface area contributed by atoms with Crippen molar-refractivity contribution in [3.8, 4) is 5.69 Å². The van der Waals surface area contributed by atoms with Crippen LogP contribution in [0.3, 0.4) is 0 Å². The van der Waals surface area contributed by atoms with Crippen molar-refractivity contribution in [1.82, 2.24) is 14.9 Å². The maximum absolute atomic E-state index is 14.7. The first-order valence-corrected chi connectivity index (χ1v) is 12.2. The average Bonchev–Trinajstić information content (AvgIpc) is 3.06. The number of fused-ring (bicyclic) bond motifs is 3. The summed E-state index contributed by atoms with van der Waals surface area (Å²) in [6.45, 7) is 7.78. The predicted molar refractivity (Wildman–Crippen MR) is 125 cm³/mol. The van der Waals surface area contributed by atoms with Crippen molar-refractivity contribution in [2.45, 2.75) is 63.4 Å². The average molecular weight is 460 g/mol. The van der Waals surface area contributed by atoms with E-state index in [-0.39, 0.29) is 23.2 Å². The zero-order chi connectivity index (χ0) is 22.3. The Balaban J connectivity index is 1.90.